The number of nitrogens with one attached hydrogen (secondary N) is 1. The quantitative estimate of drug-likeness (QED) is 0.813. The lowest BCUT2D eigenvalue weighted by Crippen LogP contribution is -2.45. The number of anilines is 1. The molecule has 2 fully saturated rings. The number of halogens is 1. The van der Waals surface area contributed by atoms with Crippen molar-refractivity contribution in [3.8, 4) is 5.75 Å². The van der Waals surface area contributed by atoms with Crippen LogP contribution in [-0.4, -0.2) is 46.7 Å². The first-order chi connectivity index (χ1) is 14.0. The van der Waals surface area contributed by atoms with Crippen LogP contribution in [0.2, 0.25) is 5.02 Å². The molecule has 1 amide bonds. The van der Waals surface area contributed by atoms with E-state index in [9.17, 15) is 4.79 Å². The van der Waals surface area contributed by atoms with E-state index in [4.69, 9.17) is 20.8 Å². The number of hydrogen-bond donors (Lipinski definition) is 1. The summed E-state index contributed by atoms with van der Waals surface area (Å²) in [6, 6.07) is 5.77. The van der Waals surface area contributed by atoms with Crippen molar-refractivity contribution in [2.75, 3.05) is 25.0 Å². The standard InChI is InChI=1S/C12H18N4O2.C9H9ClO/c1-9(14-11-15-13-8-18-11)10(17)16-6-4-12(2-3-12)5-7-16;10-8-3-4-9-7(6-8)2-1-5-11-9/h8-9H,2-7H2,1H3,(H,14,15);3-4,6H,1-2,5H2. The Labute approximate surface area is 175 Å². The number of carbonyl (C=O) groups is 1. The minimum atomic E-state index is -0.321. The predicted molar refractivity (Wildman–Crippen MR) is 110 cm³/mol. The van der Waals surface area contributed by atoms with Crippen molar-refractivity contribution in [2.45, 2.75) is 51.5 Å². The Bertz CT molecular complexity index is 828. The average molecular weight is 419 g/mol. The van der Waals surface area contributed by atoms with Crippen LogP contribution in [0.25, 0.3) is 0 Å². The number of piperidine rings is 1. The normalized spacial score (nSPS) is 20.0. The van der Waals surface area contributed by atoms with Crippen LogP contribution in [0.1, 0.15) is 44.6 Å². The zero-order valence-corrected chi connectivity index (χ0v) is 17.5. The Balaban J connectivity index is 0.000000159. The molecule has 2 aromatic rings. The first-order valence-corrected chi connectivity index (χ1v) is 10.7. The molecule has 1 aliphatic carbocycles. The van der Waals surface area contributed by atoms with E-state index < -0.39 is 0 Å². The highest BCUT2D eigenvalue weighted by molar-refractivity contribution is 6.30. The van der Waals surface area contributed by atoms with Gasteiger partial charge in [-0.25, -0.2) is 0 Å². The molecule has 1 aromatic heterocycles. The van der Waals surface area contributed by atoms with E-state index in [1.165, 1.54) is 24.8 Å². The Morgan fingerprint density at radius 3 is 2.76 bits per heavy atom. The van der Waals surface area contributed by atoms with E-state index in [-0.39, 0.29) is 11.9 Å². The van der Waals surface area contributed by atoms with Gasteiger partial charge in [-0.3, -0.25) is 4.79 Å². The lowest BCUT2D eigenvalue weighted by Gasteiger charge is -2.33. The number of fused-ring (bicyclic) bond motifs is 1. The van der Waals surface area contributed by atoms with E-state index in [0.29, 0.717) is 11.4 Å². The molecular formula is C21H27ClN4O3. The molecule has 0 bridgehead atoms. The van der Waals surface area contributed by atoms with E-state index in [1.807, 2.05) is 30.0 Å². The van der Waals surface area contributed by atoms with Gasteiger partial charge < -0.3 is 19.4 Å². The van der Waals surface area contributed by atoms with Crippen LogP contribution in [0.3, 0.4) is 0 Å². The fraction of sp³-hybridized carbons (Fsp3) is 0.571. The zero-order chi connectivity index (χ0) is 20.3. The molecule has 1 spiro atoms. The summed E-state index contributed by atoms with van der Waals surface area (Å²) in [5, 5.41) is 11.0. The van der Waals surface area contributed by atoms with E-state index in [2.05, 4.69) is 15.5 Å². The van der Waals surface area contributed by atoms with Gasteiger partial charge in [-0.15, -0.1) is 5.10 Å². The van der Waals surface area contributed by atoms with Crippen molar-refractivity contribution >= 4 is 23.5 Å². The van der Waals surface area contributed by atoms with Crippen LogP contribution in [0, 0.1) is 5.41 Å². The van der Waals surface area contributed by atoms with Crippen molar-refractivity contribution in [3.05, 3.63) is 35.2 Å². The molecule has 156 valence electrons. The number of aryl methyl sites for hydroxylation is 1. The van der Waals surface area contributed by atoms with Gasteiger partial charge in [0.15, 0.2) is 0 Å². The van der Waals surface area contributed by atoms with Gasteiger partial charge >= 0.3 is 6.01 Å². The molecule has 8 heteroatoms. The second-order valence-electron chi connectivity index (χ2n) is 8.14. The van der Waals surface area contributed by atoms with Gasteiger partial charge in [0.05, 0.1) is 6.61 Å². The van der Waals surface area contributed by atoms with E-state index >= 15 is 0 Å². The molecule has 1 atom stereocenters. The third-order valence-electron chi connectivity index (χ3n) is 6.03. The maximum absolute atomic E-state index is 12.2. The molecular weight excluding hydrogens is 392 g/mol. The van der Waals surface area contributed by atoms with Gasteiger partial charge in [0.2, 0.25) is 12.3 Å². The SMILES string of the molecule is CC(Nc1nnco1)C(=O)N1CCC2(CC1)CC2.Clc1ccc2c(c1)CCCO2. The molecule has 29 heavy (non-hydrogen) atoms. The van der Waals surface area contributed by atoms with Crippen molar-refractivity contribution < 1.29 is 13.9 Å². The number of benzene rings is 1. The van der Waals surface area contributed by atoms with Crippen LogP contribution in [0.4, 0.5) is 6.01 Å². The van der Waals surface area contributed by atoms with Gasteiger partial charge in [0.1, 0.15) is 11.8 Å². The highest BCUT2D eigenvalue weighted by Gasteiger charge is 2.45. The largest absolute Gasteiger partial charge is 0.493 e. The molecule has 2 aliphatic heterocycles. The summed E-state index contributed by atoms with van der Waals surface area (Å²) in [6.45, 7) is 4.44. The minimum Gasteiger partial charge on any atom is -0.493 e. The third-order valence-corrected chi connectivity index (χ3v) is 6.27. The van der Waals surface area contributed by atoms with Crippen LogP contribution < -0.4 is 10.1 Å². The molecule has 1 unspecified atom stereocenters. The average Bonchev–Trinajstić information content (AvgIpc) is 3.28. The Morgan fingerprint density at radius 2 is 2.07 bits per heavy atom. The summed E-state index contributed by atoms with van der Waals surface area (Å²) in [7, 11) is 0. The summed E-state index contributed by atoms with van der Waals surface area (Å²) in [4.78, 5) is 14.2. The van der Waals surface area contributed by atoms with Gasteiger partial charge in [0.25, 0.3) is 0 Å². The number of aromatic nitrogens is 2. The predicted octanol–water partition coefficient (Wildman–Crippen LogP) is 3.94. The highest BCUT2D eigenvalue weighted by Crippen LogP contribution is 2.53. The molecule has 1 aromatic carbocycles. The number of carbonyl (C=O) groups excluding carboxylic acids is 1. The number of rotatable bonds is 3. The number of amides is 1. The number of likely N-dealkylation sites (tertiary alicyclic amines) is 1. The van der Waals surface area contributed by atoms with Crippen molar-refractivity contribution in [2.24, 2.45) is 5.41 Å². The maximum atomic E-state index is 12.2. The molecule has 7 nitrogen and oxygen atoms in total. The second kappa shape index (κ2) is 8.61. The first-order valence-electron chi connectivity index (χ1n) is 10.3. The lowest BCUT2D eigenvalue weighted by atomic mass is 9.93. The van der Waals surface area contributed by atoms with Crippen LogP contribution in [0.15, 0.2) is 29.0 Å². The summed E-state index contributed by atoms with van der Waals surface area (Å²) >= 11 is 5.82. The van der Waals surface area contributed by atoms with Gasteiger partial charge in [-0.2, -0.15) is 0 Å². The molecule has 1 saturated carbocycles. The van der Waals surface area contributed by atoms with Crippen LogP contribution >= 0.6 is 11.6 Å². The monoisotopic (exact) mass is 418 g/mol. The van der Waals surface area contributed by atoms with Crippen molar-refractivity contribution in [3.63, 3.8) is 0 Å². The molecule has 3 heterocycles. The molecule has 1 N–H and O–H groups in total. The van der Waals surface area contributed by atoms with Crippen molar-refractivity contribution in [1.29, 1.82) is 0 Å². The minimum absolute atomic E-state index is 0.115. The summed E-state index contributed by atoms with van der Waals surface area (Å²) in [5.74, 6) is 1.12. The maximum Gasteiger partial charge on any atom is 0.315 e. The number of ether oxygens (including phenoxy) is 1. The fourth-order valence-corrected chi connectivity index (χ4v) is 4.16. The Hall–Kier alpha value is -2.28. The molecule has 3 aliphatic rings. The topological polar surface area (TPSA) is 80.5 Å². The van der Waals surface area contributed by atoms with E-state index in [1.54, 1.807) is 0 Å². The highest BCUT2D eigenvalue weighted by atomic mass is 35.5. The van der Waals surface area contributed by atoms with Gasteiger partial charge in [-0.1, -0.05) is 16.7 Å². The molecule has 1 saturated heterocycles. The number of hydrogen-bond acceptors (Lipinski definition) is 6. The zero-order valence-electron chi connectivity index (χ0n) is 16.7. The van der Waals surface area contributed by atoms with Gasteiger partial charge in [-0.05, 0) is 74.6 Å². The molecule has 0 radical (unpaired) electrons. The number of nitrogens with zero attached hydrogens (tertiary/aromatic N) is 3. The lowest BCUT2D eigenvalue weighted by molar-refractivity contribution is -0.133. The van der Waals surface area contributed by atoms with Gasteiger partial charge in [0, 0.05) is 18.1 Å². The summed E-state index contributed by atoms with van der Waals surface area (Å²) < 4.78 is 10.4. The molecule has 5 rings (SSSR count). The summed E-state index contributed by atoms with van der Waals surface area (Å²) in [6.07, 6.45) is 8.47. The summed E-state index contributed by atoms with van der Waals surface area (Å²) in [5.41, 5.74) is 1.84. The first kappa shape index (κ1) is 20.0. The second-order valence-corrected chi connectivity index (χ2v) is 8.58. The fourth-order valence-electron chi connectivity index (χ4n) is 3.96. The van der Waals surface area contributed by atoms with E-state index in [0.717, 1.165) is 56.2 Å². The smallest absolute Gasteiger partial charge is 0.315 e. The van der Waals surface area contributed by atoms with Crippen LogP contribution in [-0.2, 0) is 11.2 Å². The Kier molecular flexibility index (Phi) is 5.94. The van der Waals surface area contributed by atoms with Crippen molar-refractivity contribution in [1.82, 2.24) is 15.1 Å². The third kappa shape index (κ3) is 5.01. The Morgan fingerprint density at radius 1 is 1.28 bits per heavy atom. The van der Waals surface area contributed by atoms with Crippen LogP contribution in [0.5, 0.6) is 5.75 Å².